The molecule has 104 valence electrons. The summed E-state index contributed by atoms with van der Waals surface area (Å²) < 4.78 is 1.58. The molecule has 2 aromatic rings. The number of piperidine rings is 1. The number of hydrogen-bond donors (Lipinski definition) is 1. The van der Waals surface area contributed by atoms with Crippen molar-refractivity contribution in [1.82, 2.24) is 20.1 Å². The molecular weight excluding hydrogens is 254 g/mol. The molecule has 2 aliphatic heterocycles. The van der Waals surface area contributed by atoms with E-state index < -0.39 is 0 Å². The van der Waals surface area contributed by atoms with E-state index in [0.29, 0.717) is 6.42 Å². The highest BCUT2D eigenvalue weighted by molar-refractivity contribution is 5.99. The summed E-state index contributed by atoms with van der Waals surface area (Å²) in [4.78, 5) is 14.3. The fraction of sp³-hybridized carbons (Fsp3) is 0.500. The second-order valence-corrected chi connectivity index (χ2v) is 5.83. The third kappa shape index (κ3) is 1.71. The zero-order chi connectivity index (χ0) is 13.6. The Morgan fingerprint density at radius 3 is 2.95 bits per heavy atom. The van der Waals surface area contributed by atoms with Gasteiger partial charge in [0, 0.05) is 19.2 Å². The van der Waals surface area contributed by atoms with Crippen molar-refractivity contribution in [3.8, 4) is 0 Å². The first-order chi connectivity index (χ1) is 9.77. The molecule has 2 aliphatic rings. The number of amides is 1. The van der Waals surface area contributed by atoms with Gasteiger partial charge < -0.3 is 10.2 Å². The van der Waals surface area contributed by atoms with Crippen molar-refractivity contribution in [2.24, 2.45) is 5.41 Å². The SMILES string of the molecule is O=C1CC2(CCNCC2)CN1c1cnn2ncccc12. The molecule has 20 heavy (non-hydrogen) atoms. The van der Waals surface area contributed by atoms with Crippen LogP contribution < -0.4 is 10.2 Å². The molecule has 4 rings (SSSR count). The second kappa shape index (κ2) is 4.28. The van der Waals surface area contributed by atoms with Crippen molar-refractivity contribution in [2.75, 3.05) is 24.5 Å². The normalized spacial score (nSPS) is 22.0. The monoisotopic (exact) mass is 271 g/mol. The van der Waals surface area contributed by atoms with Crippen molar-refractivity contribution in [1.29, 1.82) is 0 Å². The van der Waals surface area contributed by atoms with Crippen molar-refractivity contribution in [3.05, 3.63) is 24.5 Å². The third-order valence-corrected chi connectivity index (χ3v) is 4.56. The molecular formula is C14H17N5O. The maximum atomic E-state index is 12.4. The van der Waals surface area contributed by atoms with Gasteiger partial charge in [0.1, 0.15) is 5.52 Å². The Morgan fingerprint density at radius 2 is 2.10 bits per heavy atom. The van der Waals surface area contributed by atoms with Gasteiger partial charge in [0.05, 0.1) is 11.9 Å². The minimum Gasteiger partial charge on any atom is -0.317 e. The minimum atomic E-state index is 0.152. The van der Waals surface area contributed by atoms with Crippen LogP contribution >= 0.6 is 0 Å². The Hall–Kier alpha value is -1.95. The molecule has 2 saturated heterocycles. The lowest BCUT2D eigenvalue weighted by atomic mass is 9.78. The van der Waals surface area contributed by atoms with Crippen LogP contribution in [-0.4, -0.2) is 40.4 Å². The van der Waals surface area contributed by atoms with E-state index in [-0.39, 0.29) is 11.3 Å². The first-order valence-corrected chi connectivity index (χ1v) is 7.08. The molecule has 0 unspecified atom stereocenters. The summed E-state index contributed by atoms with van der Waals surface area (Å²) in [5, 5.41) is 11.8. The molecule has 6 nitrogen and oxygen atoms in total. The van der Waals surface area contributed by atoms with Crippen LogP contribution in [0.25, 0.3) is 5.52 Å². The van der Waals surface area contributed by atoms with Gasteiger partial charge in [-0.1, -0.05) is 0 Å². The molecule has 2 aromatic heterocycles. The van der Waals surface area contributed by atoms with Gasteiger partial charge in [0.15, 0.2) is 0 Å². The predicted octanol–water partition coefficient (Wildman–Crippen LogP) is 0.836. The number of aromatic nitrogens is 3. The number of fused-ring (bicyclic) bond motifs is 1. The largest absolute Gasteiger partial charge is 0.317 e. The highest BCUT2D eigenvalue weighted by Crippen LogP contribution is 2.41. The van der Waals surface area contributed by atoms with E-state index >= 15 is 0 Å². The van der Waals surface area contributed by atoms with E-state index in [9.17, 15) is 4.79 Å². The molecule has 0 atom stereocenters. The van der Waals surface area contributed by atoms with E-state index in [1.54, 1.807) is 17.0 Å². The van der Waals surface area contributed by atoms with Crippen LogP contribution in [0, 0.1) is 5.41 Å². The lowest BCUT2D eigenvalue weighted by molar-refractivity contribution is -0.117. The van der Waals surface area contributed by atoms with Crippen LogP contribution in [0.4, 0.5) is 5.69 Å². The topological polar surface area (TPSA) is 62.5 Å². The average Bonchev–Trinajstić information content (AvgIpc) is 3.01. The summed E-state index contributed by atoms with van der Waals surface area (Å²) in [6.07, 6.45) is 6.26. The first kappa shape index (κ1) is 11.8. The van der Waals surface area contributed by atoms with Crippen LogP contribution in [0.3, 0.4) is 0 Å². The number of hydrogen-bond acceptors (Lipinski definition) is 4. The highest BCUT2D eigenvalue weighted by Gasteiger charge is 2.44. The molecule has 6 heteroatoms. The third-order valence-electron chi connectivity index (χ3n) is 4.56. The Bertz CT molecular complexity index is 658. The number of anilines is 1. The zero-order valence-corrected chi connectivity index (χ0v) is 11.2. The van der Waals surface area contributed by atoms with Gasteiger partial charge in [0.2, 0.25) is 5.91 Å². The summed E-state index contributed by atoms with van der Waals surface area (Å²) in [5.74, 6) is 0.214. The molecule has 1 amide bonds. The summed E-state index contributed by atoms with van der Waals surface area (Å²) in [7, 11) is 0. The zero-order valence-electron chi connectivity index (χ0n) is 11.2. The number of nitrogens with one attached hydrogen (secondary N) is 1. The standard InChI is InChI=1S/C14H17N5O/c20-13-8-14(3-6-15-7-4-14)10-18(13)12-9-17-19-11(12)2-1-5-16-19/h1-2,5,9,15H,3-4,6-8,10H2. The summed E-state index contributed by atoms with van der Waals surface area (Å²) in [6, 6.07) is 3.83. The Balaban J connectivity index is 1.70. The maximum Gasteiger partial charge on any atom is 0.227 e. The quantitative estimate of drug-likeness (QED) is 0.834. The molecule has 1 spiro atoms. The van der Waals surface area contributed by atoms with Crippen LogP contribution in [0.1, 0.15) is 19.3 Å². The molecule has 0 saturated carbocycles. The summed E-state index contributed by atoms with van der Waals surface area (Å²) in [5.41, 5.74) is 1.93. The van der Waals surface area contributed by atoms with Crippen LogP contribution in [-0.2, 0) is 4.79 Å². The number of carbonyl (C=O) groups is 1. The first-order valence-electron chi connectivity index (χ1n) is 7.08. The Morgan fingerprint density at radius 1 is 1.25 bits per heavy atom. The predicted molar refractivity (Wildman–Crippen MR) is 74.5 cm³/mol. The second-order valence-electron chi connectivity index (χ2n) is 5.83. The van der Waals surface area contributed by atoms with Crippen molar-refractivity contribution in [3.63, 3.8) is 0 Å². The van der Waals surface area contributed by atoms with Gasteiger partial charge in [-0.05, 0) is 43.5 Å². The van der Waals surface area contributed by atoms with E-state index in [0.717, 1.165) is 43.7 Å². The van der Waals surface area contributed by atoms with E-state index in [1.165, 1.54) is 0 Å². The molecule has 0 bridgehead atoms. The lowest BCUT2D eigenvalue weighted by Gasteiger charge is -2.32. The Kier molecular flexibility index (Phi) is 2.53. The molecule has 0 radical (unpaired) electrons. The van der Waals surface area contributed by atoms with E-state index in [2.05, 4.69) is 15.5 Å². The molecule has 2 fully saturated rings. The fourth-order valence-electron chi connectivity index (χ4n) is 3.44. The molecule has 0 aromatic carbocycles. The maximum absolute atomic E-state index is 12.4. The van der Waals surface area contributed by atoms with Gasteiger partial charge in [-0.25, -0.2) is 0 Å². The Labute approximate surface area is 116 Å². The van der Waals surface area contributed by atoms with Crippen molar-refractivity contribution >= 4 is 17.1 Å². The molecule has 4 heterocycles. The van der Waals surface area contributed by atoms with Gasteiger partial charge >= 0.3 is 0 Å². The van der Waals surface area contributed by atoms with Crippen molar-refractivity contribution < 1.29 is 4.79 Å². The van der Waals surface area contributed by atoms with Crippen molar-refractivity contribution in [2.45, 2.75) is 19.3 Å². The fourth-order valence-corrected chi connectivity index (χ4v) is 3.44. The summed E-state index contributed by atoms with van der Waals surface area (Å²) in [6.45, 7) is 2.83. The van der Waals surface area contributed by atoms with Crippen LogP contribution in [0.2, 0.25) is 0 Å². The molecule has 1 N–H and O–H groups in total. The van der Waals surface area contributed by atoms with E-state index in [1.807, 2.05) is 17.0 Å². The molecule has 0 aliphatic carbocycles. The number of nitrogens with zero attached hydrogens (tertiary/aromatic N) is 4. The number of rotatable bonds is 1. The van der Waals surface area contributed by atoms with Crippen LogP contribution in [0.5, 0.6) is 0 Å². The number of carbonyl (C=O) groups excluding carboxylic acids is 1. The minimum absolute atomic E-state index is 0.152. The van der Waals surface area contributed by atoms with Gasteiger partial charge in [-0.2, -0.15) is 10.2 Å². The van der Waals surface area contributed by atoms with E-state index in [4.69, 9.17) is 0 Å². The lowest BCUT2D eigenvalue weighted by Crippen LogP contribution is -2.38. The smallest absolute Gasteiger partial charge is 0.227 e. The van der Waals surface area contributed by atoms with Gasteiger partial charge in [0.25, 0.3) is 0 Å². The van der Waals surface area contributed by atoms with Gasteiger partial charge in [-0.3, -0.25) is 4.79 Å². The summed E-state index contributed by atoms with van der Waals surface area (Å²) >= 11 is 0. The average molecular weight is 271 g/mol. The van der Waals surface area contributed by atoms with Gasteiger partial charge in [-0.15, -0.1) is 4.63 Å². The highest BCUT2D eigenvalue weighted by atomic mass is 16.2. The van der Waals surface area contributed by atoms with Crippen LogP contribution in [0.15, 0.2) is 24.5 Å².